The van der Waals surface area contributed by atoms with Gasteiger partial charge >= 0.3 is 5.69 Å². The number of hydrogen-bond acceptors (Lipinski definition) is 3. The molecule has 1 aromatic heterocycles. The van der Waals surface area contributed by atoms with Gasteiger partial charge in [0.05, 0.1) is 17.1 Å². The van der Waals surface area contributed by atoms with Crippen LogP contribution in [-0.2, 0) is 6.54 Å². The molecule has 0 bridgehead atoms. The molecule has 0 amide bonds. The molecule has 0 aliphatic heterocycles. The van der Waals surface area contributed by atoms with Gasteiger partial charge in [-0.3, -0.25) is 4.57 Å². The number of aliphatic hydroxyl groups is 1. The third-order valence-corrected chi connectivity index (χ3v) is 4.38. The molecule has 0 atom stereocenters. The number of nitrogens with zero attached hydrogens (tertiary/aromatic N) is 2. The van der Waals surface area contributed by atoms with Crippen molar-refractivity contribution < 1.29 is 5.11 Å². The standard InChI is InChI=1S/C16H23N3O2/c1-18(11-12-9-13(20)10-12)7-4-8-19-15-6-3-2-5-14(15)17-16(19)21/h2-3,5-6,12-13,20H,4,7-11H2,1H3,(H,17,21). The van der Waals surface area contributed by atoms with Gasteiger partial charge in [0.2, 0.25) is 0 Å². The van der Waals surface area contributed by atoms with E-state index in [1.165, 1.54) is 0 Å². The molecule has 0 saturated heterocycles. The third kappa shape index (κ3) is 3.19. The van der Waals surface area contributed by atoms with E-state index in [4.69, 9.17) is 0 Å². The average Bonchev–Trinajstić information content (AvgIpc) is 2.73. The van der Waals surface area contributed by atoms with Crippen LogP contribution in [0.15, 0.2) is 29.1 Å². The number of aliphatic hydroxyl groups excluding tert-OH is 1. The molecule has 0 radical (unpaired) electrons. The monoisotopic (exact) mass is 289 g/mol. The number of imidazole rings is 1. The van der Waals surface area contributed by atoms with Crippen molar-refractivity contribution in [3.63, 3.8) is 0 Å². The number of benzene rings is 1. The van der Waals surface area contributed by atoms with Gasteiger partial charge in [-0.1, -0.05) is 12.1 Å². The summed E-state index contributed by atoms with van der Waals surface area (Å²) in [4.78, 5) is 17.1. The van der Waals surface area contributed by atoms with E-state index in [-0.39, 0.29) is 11.8 Å². The molecule has 5 heteroatoms. The summed E-state index contributed by atoms with van der Waals surface area (Å²) in [5.41, 5.74) is 1.85. The SMILES string of the molecule is CN(CCCn1c(=O)[nH]c2ccccc21)CC1CC(O)C1. The number of aryl methyl sites for hydroxylation is 1. The van der Waals surface area contributed by atoms with Crippen molar-refractivity contribution in [2.24, 2.45) is 5.92 Å². The summed E-state index contributed by atoms with van der Waals surface area (Å²) in [6.45, 7) is 2.75. The molecule has 1 aliphatic carbocycles. The molecule has 114 valence electrons. The van der Waals surface area contributed by atoms with Crippen LogP contribution in [0.25, 0.3) is 11.0 Å². The first-order valence-corrected chi connectivity index (χ1v) is 7.67. The second kappa shape index (κ2) is 6.03. The minimum Gasteiger partial charge on any atom is -0.393 e. The molecule has 0 spiro atoms. The van der Waals surface area contributed by atoms with Crippen molar-refractivity contribution >= 4 is 11.0 Å². The van der Waals surface area contributed by atoms with Crippen molar-refractivity contribution in [3.8, 4) is 0 Å². The Morgan fingerprint density at radius 3 is 2.90 bits per heavy atom. The number of aromatic nitrogens is 2. The summed E-state index contributed by atoms with van der Waals surface area (Å²) in [5, 5.41) is 9.30. The lowest BCUT2D eigenvalue weighted by Crippen LogP contribution is -2.37. The lowest BCUT2D eigenvalue weighted by atomic mass is 9.82. The van der Waals surface area contributed by atoms with E-state index in [9.17, 15) is 9.90 Å². The lowest BCUT2D eigenvalue weighted by Gasteiger charge is -2.34. The third-order valence-electron chi connectivity index (χ3n) is 4.38. The normalized spacial score (nSPS) is 21.9. The molecule has 2 aromatic rings. The van der Waals surface area contributed by atoms with Crippen LogP contribution in [0.5, 0.6) is 0 Å². The summed E-state index contributed by atoms with van der Waals surface area (Å²) in [5.74, 6) is 0.640. The Labute approximate surface area is 124 Å². The van der Waals surface area contributed by atoms with Crippen molar-refractivity contribution in [1.82, 2.24) is 14.5 Å². The minimum atomic E-state index is -0.0757. The van der Waals surface area contributed by atoms with E-state index >= 15 is 0 Å². The predicted octanol–water partition coefficient (Wildman–Crippen LogP) is 1.42. The van der Waals surface area contributed by atoms with Gasteiger partial charge < -0.3 is 15.0 Å². The van der Waals surface area contributed by atoms with Crippen LogP contribution in [0.2, 0.25) is 0 Å². The first kappa shape index (κ1) is 14.4. The maximum atomic E-state index is 11.9. The summed E-state index contributed by atoms with van der Waals surface area (Å²) >= 11 is 0. The van der Waals surface area contributed by atoms with Crippen LogP contribution in [0.4, 0.5) is 0 Å². The van der Waals surface area contributed by atoms with Crippen LogP contribution < -0.4 is 5.69 Å². The van der Waals surface area contributed by atoms with E-state index in [2.05, 4.69) is 16.9 Å². The Hall–Kier alpha value is -1.59. The van der Waals surface area contributed by atoms with Gasteiger partial charge in [-0.05, 0) is 50.9 Å². The number of hydrogen-bond donors (Lipinski definition) is 2. The Bertz CT molecular complexity index is 655. The summed E-state index contributed by atoms with van der Waals surface area (Å²) in [6, 6.07) is 7.80. The van der Waals surface area contributed by atoms with Gasteiger partial charge in [-0.15, -0.1) is 0 Å². The second-order valence-electron chi connectivity index (χ2n) is 6.21. The Kier molecular flexibility index (Phi) is 4.12. The van der Waals surface area contributed by atoms with Crippen LogP contribution in [0.3, 0.4) is 0 Å². The number of fused-ring (bicyclic) bond motifs is 1. The zero-order valence-electron chi connectivity index (χ0n) is 12.5. The van der Waals surface area contributed by atoms with Crippen molar-refractivity contribution in [2.45, 2.75) is 31.9 Å². The molecular weight excluding hydrogens is 266 g/mol. The van der Waals surface area contributed by atoms with Crippen molar-refractivity contribution in [2.75, 3.05) is 20.1 Å². The fourth-order valence-corrected chi connectivity index (χ4v) is 3.21. The first-order valence-electron chi connectivity index (χ1n) is 7.67. The largest absolute Gasteiger partial charge is 0.393 e. The Morgan fingerprint density at radius 2 is 2.14 bits per heavy atom. The maximum absolute atomic E-state index is 11.9. The average molecular weight is 289 g/mol. The lowest BCUT2D eigenvalue weighted by molar-refractivity contribution is 0.0281. The topological polar surface area (TPSA) is 61.3 Å². The highest BCUT2D eigenvalue weighted by Crippen LogP contribution is 2.27. The summed E-state index contributed by atoms with van der Waals surface area (Å²) in [7, 11) is 2.11. The van der Waals surface area contributed by atoms with E-state index in [0.29, 0.717) is 5.92 Å². The molecule has 0 unspecified atom stereocenters. The van der Waals surface area contributed by atoms with Crippen molar-refractivity contribution in [1.29, 1.82) is 0 Å². The van der Waals surface area contributed by atoms with E-state index in [0.717, 1.165) is 49.9 Å². The number of rotatable bonds is 6. The van der Waals surface area contributed by atoms with Crippen LogP contribution in [-0.4, -0.2) is 45.8 Å². The second-order valence-corrected chi connectivity index (χ2v) is 6.21. The molecule has 5 nitrogen and oxygen atoms in total. The Balaban J connectivity index is 1.52. The maximum Gasteiger partial charge on any atom is 0.326 e. The fourth-order valence-electron chi connectivity index (χ4n) is 3.21. The van der Waals surface area contributed by atoms with Gasteiger partial charge in [0.15, 0.2) is 0 Å². The molecular formula is C16H23N3O2. The number of para-hydroxylation sites is 2. The van der Waals surface area contributed by atoms with Crippen molar-refractivity contribution in [3.05, 3.63) is 34.7 Å². The molecule has 3 rings (SSSR count). The molecule has 1 fully saturated rings. The van der Waals surface area contributed by atoms with E-state index < -0.39 is 0 Å². The quantitative estimate of drug-likeness (QED) is 0.845. The Morgan fingerprint density at radius 1 is 1.38 bits per heavy atom. The van der Waals surface area contributed by atoms with E-state index in [1.807, 2.05) is 28.8 Å². The number of aromatic amines is 1. The van der Waals surface area contributed by atoms with Gasteiger partial charge in [0.25, 0.3) is 0 Å². The number of nitrogens with one attached hydrogen (secondary N) is 1. The molecule has 2 N–H and O–H groups in total. The minimum absolute atomic E-state index is 0.0269. The highest BCUT2D eigenvalue weighted by atomic mass is 16.3. The molecule has 21 heavy (non-hydrogen) atoms. The van der Waals surface area contributed by atoms with Gasteiger partial charge in [-0.25, -0.2) is 4.79 Å². The van der Waals surface area contributed by atoms with Gasteiger partial charge in [-0.2, -0.15) is 0 Å². The zero-order chi connectivity index (χ0) is 14.8. The zero-order valence-corrected chi connectivity index (χ0v) is 12.5. The predicted molar refractivity (Wildman–Crippen MR) is 83.4 cm³/mol. The molecule has 1 heterocycles. The summed E-state index contributed by atoms with van der Waals surface area (Å²) < 4.78 is 1.82. The highest BCUT2D eigenvalue weighted by Gasteiger charge is 2.27. The number of H-pyrrole nitrogens is 1. The first-order chi connectivity index (χ1) is 10.1. The van der Waals surface area contributed by atoms with Gasteiger partial charge in [0, 0.05) is 13.1 Å². The molecule has 1 aromatic carbocycles. The fraction of sp³-hybridized carbons (Fsp3) is 0.562. The van der Waals surface area contributed by atoms with Crippen LogP contribution >= 0.6 is 0 Å². The van der Waals surface area contributed by atoms with Gasteiger partial charge in [0.1, 0.15) is 0 Å². The smallest absolute Gasteiger partial charge is 0.326 e. The van der Waals surface area contributed by atoms with E-state index in [1.54, 1.807) is 0 Å². The highest BCUT2D eigenvalue weighted by molar-refractivity contribution is 5.74. The van der Waals surface area contributed by atoms with Crippen LogP contribution in [0.1, 0.15) is 19.3 Å². The van der Waals surface area contributed by atoms with Crippen LogP contribution in [0, 0.1) is 5.92 Å². The summed E-state index contributed by atoms with van der Waals surface area (Å²) in [6.07, 6.45) is 2.75. The molecule has 1 aliphatic rings. The molecule has 1 saturated carbocycles.